The summed E-state index contributed by atoms with van der Waals surface area (Å²) in [5, 5.41) is 3.58. The standard InChI is InChI=1S/C21H29N3O3.ClH/c1-27-17-8-6-15(7-9-17)20(25)23-10-12-24(13-11-23)21(26)19-14-16-4-2-3-5-18(16)22-19;/h6-9,16,18-19,22H,2-5,10-14H2,1H3;1H. The normalized spacial score (nSPS) is 27.0. The lowest BCUT2D eigenvalue weighted by Gasteiger charge is -2.36. The van der Waals surface area contributed by atoms with Crippen molar-refractivity contribution in [2.24, 2.45) is 5.92 Å². The highest BCUT2D eigenvalue weighted by Gasteiger charge is 2.40. The first-order valence-electron chi connectivity index (χ1n) is 10.1. The average molecular weight is 408 g/mol. The lowest BCUT2D eigenvalue weighted by molar-refractivity contribution is -0.134. The van der Waals surface area contributed by atoms with Gasteiger partial charge in [0.1, 0.15) is 5.75 Å². The van der Waals surface area contributed by atoms with Crippen molar-refractivity contribution in [2.45, 2.75) is 44.2 Å². The number of carbonyl (C=O) groups excluding carboxylic acids is 2. The molecule has 6 nitrogen and oxygen atoms in total. The molecule has 1 aliphatic carbocycles. The van der Waals surface area contributed by atoms with E-state index in [1.165, 1.54) is 25.7 Å². The molecule has 1 aromatic rings. The minimum Gasteiger partial charge on any atom is -0.497 e. The van der Waals surface area contributed by atoms with Crippen molar-refractivity contribution in [1.29, 1.82) is 0 Å². The Labute approximate surface area is 173 Å². The summed E-state index contributed by atoms with van der Waals surface area (Å²) >= 11 is 0. The second-order valence-electron chi connectivity index (χ2n) is 7.95. The van der Waals surface area contributed by atoms with Crippen molar-refractivity contribution in [2.75, 3.05) is 33.3 Å². The number of nitrogens with one attached hydrogen (secondary N) is 1. The van der Waals surface area contributed by atoms with Gasteiger partial charge in [0.15, 0.2) is 0 Å². The van der Waals surface area contributed by atoms with E-state index in [1.807, 2.05) is 9.80 Å². The lowest BCUT2D eigenvalue weighted by atomic mass is 9.85. The Morgan fingerprint density at radius 3 is 2.29 bits per heavy atom. The highest BCUT2D eigenvalue weighted by Crippen LogP contribution is 2.33. The van der Waals surface area contributed by atoms with Gasteiger partial charge in [-0.2, -0.15) is 0 Å². The molecule has 4 rings (SSSR count). The predicted octanol–water partition coefficient (Wildman–Crippen LogP) is 2.32. The van der Waals surface area contributed by atoms with E-state index in [1.54, 1.807) is 31.4 Å². The molecule has 28 heavy (non-hydrogen) atoms. The van der Waals surface area contributed by atoms with E-state index in [-0.39, 0.29) is 30.3 Å². The Kier molecular flexibility index (Phi) is 6.83. The van der Waals surface area contributed by atoms with Gasteiger partial charge in [-0.05, 0) is 49.4 Å². The van der Waals surface area contributed by atoms with E-state index in [4.69, 9.17) is 4.74 Å². The fourth-order valence-electron chi connectivity index (χ4n) is 4.78. The summed E-state index contributed by atoms with van der Waals surface area (Å²) in [6.45, 7) is 2.43. The molecule has 0 radical (unpaired) electrons. The second kappa shape index (κ2) is 9.14. The molecule has 0 spiro atoms. The maximum Gasteiger partial charge on any atom is 0.253 e. The second-order valence-corrected chi connectivity index (χ2v) is 7.95. The third-order valence-electron chi connectivity index (χ3n) is 6.38. The molecule has 2 aliphatic heterocycles. The Bertz CT molecular complexity index is 675. The first-order chi connectivity index (χ1) is 13.2. The van der Waals surface area contributed by atoms with Crippen LogP contribution >= 0.6 is 12.4 Å². The van der Waals surface area contributed by atoms with Crippen molar-refractivity contribution in [3.63, 3.8) is 0 Å². The van der Waals surface area contributed by atoms with Gasteiger partial charge in [0.25, 0.3) is 5.91 Å². The van der Waals surface area contributed by atoms with Crippen LogP contribution in [-0.2, 0) is 4.79 Å². The minimum absolute atomic E-state index is 0. The van der Waals surface area contributed by atoms with Gasteiger partial charge in [-0.25, -0.2) is 0 Å². The van der Waals surface area contributed by atoms with Crippen LogP contribution in [0, 0.1) is 5.92 Å². The van der Waals surface area contributed by atoms with Gasteiger partial charge < -0.3 is 19.9 Å². The van der Waals surface area contributed by atoms with Crippen LogP contribution < -0.4 is 10.1 Å². The van der Waals surface area contributed by atoms with E-state index in [0.29, 0.717) is 43.7 Å². The largest absolute Gasteiger partial charge is 0.497 e. The maximum atomic E-state index is 12.9. The Hall–Kier alpha value is -1.79. The van der Waals surface area contributed by atoms with E-state index in [2.05, 4.69) is 5.32 Å². The molecule has 1 saturated carbocycles. The van der Waals surface area contributed by atoms with Gasteiger partial charge in [0.2, 0.25) is 5.91 Å². The molecule has 7 heteroatoms. The molecule has 0 bridgehead atoms. The number of benzene rings is 1. The molecule has 2 heterocycles. The van der Waals surface area contributed by atoms with E-state index in [9.17, 15) is 9.59 Å². The molecule has 2 saturated heterocycles. The predicted molar refractivity (Wildman–Crippen MR) is 110 cm³/mol. The van der Waals surface area contributed by atoms with Gasteiger partial charge in [-0.15, -0.1) is 12.4 Å². The molecule has 1 aromatic carbocycles. The number of fused-ring (bicyclic) bond motifs is 1. The van der Waals surface area contributed by atoms with Gasteiger partial charge in [-0.1, -0.05) is 12.8 Å². The molecular formula is C21H30ClN3O3. The molecule has 0 aromatic heterocycles. The van der Waals surface area contributed by atoms with Gasteiger partial charge >= 0.3 is 0 Å². The summed E-state index contributed by atoms with van der Waals surface area (Å²) in [6.07, 6.45) is 6.02. The molecular weight excluding hydrogens is 378 g/mol. The number of halogens is 1. The zero-order chi connectivity index (χ0) is 18.8. The van der Waals surface area contributed by atoms with Gasteiger partial charge in [0, 0.05) is 37.8 Å². The smallest absolute Gasteiger partial charge is 0.253 e. The van der Waals surface area contributed by atoms with E-state index < -0.39 is 0 Å². The SMILES string of the molecule is COc1ccc(C(=O)N2CCN(C(=O)C3CC4CCCCC4N3)CC2)cc1.Cl. The van der Waals surface area contributed by atoms with Gasteiger partial charge in [0.05, 0.1) is 13.2 Å². The highest BCUT2D eigenvalue weighted by molar-refractivity contribution is 5.94. The van der Waals surface area contributed by atoms with Crippen molar-refractivity contribution >= 4 is 24.2 Å². The van der Waals surface area contributed by atoms with Crippen LogP contribution in [0.1, 0.15) is 42.5 Å². The Balaban J connectivity index is 0.00000225. The first-order valence-corrected chi connectivity index (χ1v) is 10.1. The number of methoxy groups -OCH3 is 1. The van der Waals surface area contributed by atoms with E-state index >= 15 is 0 Å². The molecule has 3 unspecified atom stereocenters. The maximum absolute atomic E-state index is 12.9. The monoisotopic (exact) mass is 407 g/mol. The molecule has 3 aliphatic rings. The van der Waals surface area contributed by atoms with Gasteiger partial charge in [-0.3, -0.25) is 9.59 Å². The highest BCUT2D eigenvalue weighted by atomic mass is 35.5. The summed E-state index contributed by atoms with van der Waals surface area (Å²) < 4.78 is 5.14. The van der Waals surface area contributed by atoms with Crippen molar-refractivity contribution < 1.29 is 14.3 Å². The number of nitrogens with zero attached hydrogens (tertiary/aromatic N) is 2. The van der Waals surface area contributed by atoms with Crippen LogP contribution in [0.5, 0.6) is 5.75 Å². The number of ether oxygens (including phenoxy) is 1. The number of carbonyl (C=O) groups is 2. The Morgan fingerprint density at radius 1 is 1.00 bits per heavy atom. The summed E-state index contributed by atoms with van der Waals surface area (Å²) in [6, 6.07) is 7.70. The number of amides is 2. The topological polar surface area (TPSA) is 61.9 Å². The van der Waals surface area contributed by atoms with Crippen molar-refractivity contribution in [1.82, 2.24) is 15.1 Å². The quantitative estimate of drug-likeness (QED) is 0.835. The van der Waals surface area contributed by atoms with Crippen LogP contribution in [0.15, 0.2) is 24.3 Å². The lowest BCUT2D eigenvalue weighted by Crippen LogP contribution is -2.54. The number of hydrogen-bond acceptors (Lipinski definition) is 4. The molecule has 154 valence electrons. The number of piperazine rings is 1. The fourth-order valence-corrected chi connectivity index (χ4v) is 4.78. The third kappa shape index (κ3) is 4.28. The summed E-state index contributed by atoms with van der Waals surface area (Å²) in [7, 11) is 1.61. The summed E-state index contributed by atoms with van der Waals surface area (Å²) in [5.74, 6) is 1.66. The van der Waals surface area contributed by atoms with Crippen LogP contribution in [0.4, 0.5) is 0 Å². The van der Waals surface area contributed by atoms with Crippen molar-refractivity contribution in [3.05, 3.63) is 29.8 Å². The zero-order valence-electron chi connectivity index (χ0n) is 16.4. The van der Waals surface area contributed by atoms with Crippen molar-refractivity contribution in [3.8, 4) is 5.75 Å². The molecule has 3 fully saturated rings. The molecule has 2 amide bonds. The van der Waals surface area contributed by atoms with Crippen LogP contribution in [-0.4, -0.2) is 67.0 Å². The van der Waals surface area contributed by atoms with Crippen LogP contribution in [0.3, 0.4) is 0 Å². The summed E-state index contributed by atoms with van der Waals surface area (Å²) in [4.78, 5) is 29.4. The first kappa shape index (κ1) is 20.9. The molecule has 1 N–H and O–H groups in total. The van der Waals surface area contributed by atoms with Crippen LogP contribution in [0.25, 0.3) is 0 Å². The number of rotatable bonds is 3. The van der Waals surface area contributed by atoms with Crippen LogP contribution in [0.2, 0.25) is 0 Å². The average Bonchev–Trinajstić information content (AvgIpc) is 3.17. The Morgan fingerprint density at radius 2 is 1.64 bits per heavy atom. The fraction of sp³-hybridized carbons (Fsp3) is 0.619. The zero-order valence-corrected chi connectivity index (χ0v) is 17.2. The molecule has 3 atom stereocenters. The third-order valence-corrected chi connectivity index (χ3v) is 6.38. The minimum atomic E-state index is -0.0260. The summed E-state index contributed by atoms with van der Waals surface area (Å²) in [5.41, 5.74) is 0.664. The van der Waals surface area contributed by atoms with E-state index in [0.717, 1.165) is 12.2 Å². The number of hydrogen-bond donors (Lipinski definition) is 1.